The van der Waals surface area contributed by atoms with Crippen molar-refractivity contribution in [2.45, 2.75) is 17.1 Å². The number of nitrogens with one attached hydrogen (secondary N) is 1. The van der Waals surface area contributed by atoms with E-state index in [-0.39, 0.29) is 11.2 Å². The van der Waals surface area contributed by atoms with Crippen molar-refractivity contribution in [3.63, 3.8) is 0 Å². The second-order valence-corrected chi connectivity index (χ2v) is 5.92. The summed E-state index contributed by atoms with van der Waals surface area (Å²) in [7, 11) is 0. The van der Waals surface area contributed by atoms with Crippen LogP contribution in [0.25, 0.3) is 0 Å². The van der Waals surface area contributed by atoms with Crippen molar-refractivity contribution >= 4 is 35.0 Å². The average Bonchev–Trinajstić information content (AvgIpc) is 2.42. The summed E-state index contributed by atoms with van der Waals surface area (Å²) >= 11 is 7.34. The first-order chi connectivity index (χ1) is 9.15. The van der Waals surface area contributed by atoms with Crippen LogP contribution in [-0.2, 0) is 4.79 Å². The van der Waals surface area contributed by atoms with E-state index in [1.807, 2.05) is 37.3 Å². The Bertz CT molecular complexity index is 542. The number of benzene rings is 2. The highest BCUT2D eigenvalue weighted by atomic mass is 35.5. The Hall–Kier alpha value is -1.45. The lowest BCUT2D eigenvalue weighted by Crippen LogP contribution is -2.22. The maximum Gasteiger partial charge on any atom is 0.237 e. The fraction of sp³-hybridized carbons (Fsp3) is 0.133. The van der Waals surface area contributed by atoms with Gasteiger partial charge in [0.05, 0.1) is 5.25 Å². The fourth-order valence-electron chi connectivity index (χ4n) is 1.53. The summed E-state index contributed by atoms with van der Waals surface area (Å²) in [6.45, 7) is 1.89. The van der Waals surface area contributed by atoms with Gasteiger partial charge in [-0.1, -0.05) is 29.8 Å². The van der Waals surface area contributed by atoms with Gasteiger partial charge in [-0.15, -0.1) is 11.8 Å². The number of rotatable bonds is 4. The Balaban J connectivity index is 1.94. The van der Waals surface area contributed by atoms with E-state index in [1.54, 1.807) is 24.3 Å². The van der Waals surface area contributed by atoms with Gasteiger partial charge in [0.15, 0.2) is 0 Å². The van der Waals surface area contributed by atoms with E-state index in [1.165, 1.54) is 11.8 Å². The quantitative estimate of drug-likeness (QED) is 0.843. The normalized spacial score (nSPS) is 11.9. The number of anilines is 1. The van der Waals surface area contributed by atoms with Crippen LogP contribution in [0, 0.1) is 0 Å². The summed E-state index contributed by atoms with van der Waals surface area (Å²) in [5, 5.41) is 3.37. The maximum absolute atomic E-state index is 12.0. The number of carbonyl (C=O) groups is 1. The Labute approximate surface area is 122 Å². The molecule has 0 aromatic heterocycles. The molecule has 4 heteroatoms. The standard InChI is InChI=1S/C15H14ClNOS/c1-11(19-14-5-3-2-4-6-14)15(18)17-13-9-7-12(16)8-10-13/h2-11H,1H3,(H,17,18). The molecule has 2 rings (SSSR count). The summed E-state index contributed by atoms with van der Waals surface area (Å²) in [5.74, 6) is -0.0174. The average molecular weight is 292 g/mol. The van der Waals surface area contributed by atoms with Crippen LogP contribution in [0.3, 0.4) is 0 Å². The van der Waals surface area contributed by atoms with E-state index in [4.69, 9.17) is 11.6 Å². The van der Waals surface area contributed by atoms with Crippen molar-refractivity contribution in [3.8, 4) is 0 Å². The molecule has 0 aliphatic carbocycles. The van der Waals surface area contributed by atoms with Crippen molar-refractivity contribution in [2.75, 3.05) is 5.32 Å². The molecule has 0 radical (unpaired) electrons. The van der Waals surface area contributed by atoms with Gasteiger partial charge in [-0.3, -0.25) is 4.79 Å². The van der Waals surface area contributed by atoms with Crippen molar-refractivity contribution < 1.29 is 4.79 Å². The van der Waals surface area contributed by atoms with E-state index in [2.05, 4.69) is 5.32 Å². The highest BCUT2D eigenvalue weighted by Crippen LogP contribution is 2.24. The molecule has 0 heterocycles. The van der Waals surface area contributed by atoms with Crippen LogP contribution in [-0.4, -0.2) is 11.2 Å². The van der Waals surface area contributed by atoms with Gasteiger partial charge in [0.2, 0.25) is 5.91 Å². The molecule has 1 amide bonds. The van der Waals surface area contributed by atoms with Crippen LogP contribution in [0.15, 0.2) is 59.5 Å². The summed E-state index contributed by atoms with van der Waals surface area (Å²) in [5.41, 5.74) is 0.759. The van der Waals surface area contributed by atoms with Crippen molar-refractivity contribution in [3.05, 3.63) is 59.6 Å². The molecule has 2 aromatic carbocycles. The lowest BCUT2D eigenvalue weighted by molar-refractivity contribution is -0.115. The molecule has 98 valence electrons. The predicted molar refractivity (Wildman–Crippen MR) is 81.8 cm³/mol. The van der Waals surface area contributed by atoms with Gasteiger partial charge in [0.1, 0.15) is 0 Å². The van der Waals surface area contributed by atoms with Gasteiger partial charge in [0, 0.05) is 15.6 Å². The van der Waals surface area contributed by atoms with E-state index in [9.17, 15) is 4.79 Å². The zero-order chi connectivity index (χ0) is 13.7. The van der Waals surface area contributed by atoms with Crippen LogP contribution in [0.4, 0.5) is 5.69 Å². The number of carbonyl (C=O) groups excluding carboxylic acids is 1. The lowest BCUT2D eigenvalue weighted by Gasteiger charge is -2.12. The van der Waals surface area contributed by atoms with Gasteiger partial charge in [-0.05, 0) is 43.3 Å². The van der Waals surface area contributed by atoms with Gasteiger partial charge in [0.25, 0.3) is 0 Å². The molecule has 1 N–H and O–H groups in total. The Morgan fingerprint density at radius 3 is 2.37 bits per heavy atom. The van der Waals surface area contributed by atoms with Crippen LogP contribution in [0.2, 0.25) is 5.02 Å². The van der Waals surface area contributed by atoms with Crippen LogP contribution in [0.5, 0.6) is 0 Å². The summed E-state index contributed by atoms with van der Waals surface area (Å²) in [6.07, 6.45) is 0. The first kappa shape index (κ1) is 14.0. The number of halogens is 1. The Morgan fingerprint density at radius 2 is 1.74 bits per heavy atom. The maximum atomic E-state index is 12.0. The summed E-state index contributed by atoms with van der Waals surface area (Å²) < 4.78 is 0. The molecule has 0 aliphatic rings. The molecule has 0 saturated carbocycles. The summed E-state index contributed by atoms with van der Waals surface area (Å²) in [4.78, 5) is 13.1. The van der Waals surface area contributed by atoms with Crippen LogP contribution >= 0.6 is 23.4 Å². The van der Waals surface area contributed by atoms with Crippen LogP contribution in [0.1, 0.15) is 6.92 Å². The topological polar surface area (TPSA) is 29.1 Å². The second kappa shape index (κ2) is 6.64. The number of thioether (sulfide) groups is 1. The van der Waals surface area contributed by atoms with Crippen molar-refractivity contribution in [2.24, 2.45) is 0 Å². The monoisotopic (exact) mass is 291 g/mol. The molecule has 0 spiro atoms. The number of hydrogen-bond acceptors (Lipinski definition) is 2. The van der Waals surface area contributed by atoms with Crippen molar-refractivity contribution in [1.29, 1.82) is 0 Å². The summed E-state index contributed by atoms with van der Waals surface area (Å²) in [6, 6.07) is 17.0. The van der Waals surface area contributed by atoms with Gasteiger partial charge in [-0.2, -0.15) is 0 Å². The smallest absolute Gasteiger partial charge is 0.237 e. The highest BCUT2D eigenvalue weighted by Gasteiger charge is 2.14. The minimum absolute atomic E-state index is 0.0174. The molecule has 1 atom stereocenters. The van der Waals surface area contributed by atoms with E-state index in [0.717, 1.165) is 10.6 Å². The minimum Gasteiger partial charge on any atom is -0.325 e. The largest absolute Gasteiger partial charge is 0.325 e. The molecule has 0 aliphatic heterocycles. The van der Waals surface area contributed by atoms with E-state index in [0.29, 0.717) is 5.02 Å². The molecule has 2 nitrogen and oxygen atoms in total. The van der Waals surface area contributed by atoms with Crippen LogP contribution < -0.4 is 5.32 Å². The minimum atomic E-state index is -0.155. The van der Waals surface area contributed by atoms with Gasteiger partial charge >= 0.3 is 0 Å². The molecule has 0 bridgehead atoms. The molecule has 0 fully saturated rings. The fourth-order valence-corrected chi connectivity index (χ4v) is 2.55. The van der Waals surface area contributed by atoms with E-state index >= 15 is 0 Å². The first-order valence-electron chi connectivity index (χ1n) is 5.93. The Morgan fingerprint density at radius 1 is 1.11 bits per heavy atom. The SMILES string of the molecule is CC(Sc1ccccc1)C(=O)Nc1ccc(Cl)cc1. The molecule has 1 unspecified atom stereocenters. The Kier molecular flexibility index (Phi) is 4.88. The molecule has 0 saturated heterocycles. The second-order valence-electron chi connectivity index (χ2n) is 4.07. The molecular formula is C15H14ClNOS. The lowest BCUT2D eigenvalue weighted by atomic mass is 10.3. The zero-order valence-electron chi connectivity index (χ0n) is 10.5. The first-order valence-corrected chi connectivity index (χ1v) is 7.19. The van der Waals surface area contributed by atoms with Gasteiger partial charge < -0.3 is 5.32 Å². The van der Waals surface area contributed by atoms with E-state index < -0.39 is 0 Å². The molecule has 2 aromatic rings. The third kappa shape index (κ3) is 4.30. The number of hydrogen-bond donors (Lipinski definition) is 1. The highest BCUT2D eigenvalue weighted by molar-refractivity contribution is 8.00. The van der Waals surface area contributed by atoms with Gasteiger partial charge in [-0.25, -0.2) is 0 Å². The third-order valence-corrected chi connectivity index (χ3v) is 3.90. The molecular weight excluding hydrogens is 278 g/mol. The number of amides is 1. The predicted octanol–water partition coefficient (Wildman–Crippen LogP) is 4.46. The third-order valence-electron chi connectivity index (χ3n) is 2.54. The van der Waals surface area contributed by atoms with Crippen molar-refractivity contribution in [1.82, 2.24) is 0 Å². The molecule has 19 heavy (non-hydrogen) atoms. The zero-order valence-corrected chi connectivity index (χ0v) is 12.0.